The van der Waals surface area contributed by atoms with Crippen molar-refractivity contribution < 1.29 is 14.5 Å². The SMILES string of the molecule is CC(C)(C)NC(=O)C(=O)Nc1ccc([N+](=O)[O-])cc1. The molecule has 2 N–H and O–H groups in total. The van der Waals surface area contributed by atoms with Crippen molar-refractivity contribution in [1.82, 2.24) is 5.32 Å². The van der Waals surface area contributed by atoms with E-state index in [4.69, 9.17) is 0 Å². The molecule has 0 heterocycles. The number of rotatable bonds is 2. The topological polar surface area (TPSA) is 101 Å². The van der Waals surface area contributed by atoms with Crippen molar-refractivity contribution in [1.29, 1.82) is 0 Å². The smallest absolute Gasteiger partial charge is 0.313 e. The maximum Gasteiger partial charge on any atom is 0.313 e. The van der Waals surface area contributed by atoms with Crippen LogP contribution in [0.15, 0.2) is 24.3 Å². The number of carbonyl (C=O) groups is 2. The lowest BCUT2D eigenvalue weighted by Crippen LogP contribution is -2.46. The van der Waals surface area contributed by atoms with Crippen LogP contribution in [-0.4, -0.2) is 22.3 Å². The molecule has 1 aromatic rings. The molecule has 7 heteroatoms. The average molecular weight is 265 g/mol. The molecule has 0 atom stereocenters. The van der Waals surface area contributed by atoms with Crippen LogP contribution in [0.1, 0.15) is 20.8 Å². The summed E-state index contributed by atoms with van der Waals surface area (Å²) in [6, 6.07) is 5.22. The standard InChI is InChI=1S/C12H15N3O4/c1-12(2,3)14-11(17)10(16)13-8-4-6-9(7-5-8)15(18)19/h4-7H,1-3H3,(H,13,16)(H,14,17). The van der Waals surface area contributed by atoms with Gasteiger partial charge in [-0.1, -0.05) is 0 Å². The zero-order valence-electron chi connectivity index (χ0n) is 10.9. The Morgan fingerprint density at radius 3 is 2.05 bits per heavy atom. The number of carbonyl (C=O) groups excluding carboxylic acids is 2. The number of nitro groups is 1. The Bertz CT molecular complexity index is 503. The number of amides is 2. The van der Waals surface area contributed by atoms with E-state index in [-0.39, 0.29) is 5.69 Å². The molecule has 0 saturated heterocycles. The molecule has 19 heavy (non-hydrogen) atoms. The zero-order valence-corrected chi connectivity index (χ0v) is 10.9. The summed E-state index contributed by atoms with van der Waals surface area (Å²) >= 11 is 0. The third-order valence-corrected chi connectivity index (χ3v) is 2.03. The monoisotopic (exact) mass is 265 g/mol. The molecule has 0 aliphatic heterocycles. The minimum Gasteiger partial charge on any atom is -0.343 e. The van der Waals surface area contributed by atoms with Gasteiger partial charge < -0.3 is 10.6 Å². The fraction of sp³-hybridized carbons (Fsp3) is 0.333. The van der Waals surface area contributed by atoms with Crippen LogP contribution in [0.5, 0.6) is 0 Å². The van der Waals surface area contributed by atoms with Crippen LogP contribution >= 0.6 is 0 Å². The van der Waals surface area contributed by atoms with E-state index in [9.17, 15) is 19.7 Å². The molecule has 0 aliphatic carbocycles. The van der Waals surface area contributed by atoms with Gasteiger partial charge in [-0.2, -0.15) is 0 Å². The molecular formula is C12H15N3O4. The first-order chi connectivity index (χ1) is 8.69. The van der Waals surface area contributed by atoms with Crippen LogP contribution in [0.25, 0.3) is 0 Å². The highest BCUT2D eigenvalue weighted by atomic mass is 16.6. The number of nitrogens with zero attached hydrogens (tertiary/aromatic N) is 1. The molecule has 102 valence electrons. The predicted octanol–water partition coefficient (Wildman–Crippen LogP) is 1.45. The summed E-state index contributed by atoms with van der Waals surface area (Å²) in [7, 11) is 0. The first kappa shape index (κ1) is 14.6. The first-order valence-electron chi connectivity index (χ1n) is 5.57. The van der Waals surface area contributed by atoms with Crippen LogP contribution in [-0.2, 0) is 9.59 Å². The second kappa shape index (κ2) is 5.47. The summed E-state index contributed by atoms with van der Waals surface area (Å²) in [6.45, 7) is 5.26. The number of non-ortho nitro benzene ring substituents is 1. The van der Waals surface area contributed by atoms with E-state index in [0.717, 1.165) is 0 Å². The Hall–Kier alpha value is -2.44. The lowest BCUT2D eigenvalue weighted by molar-refractivity contribution is -0.384. The Labute approximate surface area is 110 Å². The highest BCUT2D eigenvalue weighted by Crippen LogP contribution is 2.15. The molecular weight excluding hydrogens is 250 g/mol. The molecule has 0 fully saturated rings. The molecule has 0 saturated carbocycles. The molecule has 2 amide bonds. The second-order valence-corrected chi connectivity index (χ2v) is 4.96. The fourth-order valence-corrected chi connectivity index (χ4v) is 1.25. The predicted molar refractivity (Wildman–Crippen MR) is 69.6 cm³/mol. The number of nitro benzene ring substituents is 1. The van der Waals surface area contributed by atoms with Gasteiger partial charge in [0, 0.05) is 23.4 Å². The third kappa shape index (κ3) is 4.74. The van der Waals surface area contributed by atoms with Gasteiger partial charge in [-0.05, 0) is 32.9 Å². The van der Waals surface area contributed by atoms with Crippen LogP contribution in [0.2, 0.25) is 0 Å². The minimum atomic E-state index is -0.816. The van der Waals surface area contributed by atoms with Gasteiger partial charge in [0.15, 0.2) is 0 Å². The zero-order chi connectivity index (χ0) is 14.6. The van der Waals surface area contributed by atoms with Gasteiger partial charge in [-0.15, -0.1) is 0 Å². The molecule has 0 spiro atoms. The lowest BCUT2D eigenvalue weighted by Gasteiger charge is -2.19. The normalized spacial score (nSPS) is 10.7. The minimum absolute atomic E-state index is 0.0860. The van der Waals surface area contributed by atoms with Crippen LogP contribution < -0.4 is 10.6 Å². The highest BCUT2D eigenvalue weighted by molar-refractivity contribution is 6.39. The van der Waals surface area contributed by atoms with Crippen LogP contribution in [0.4, 0.5) is 11.4 Å². The van der Waals surface area contributed by atoms with Crippen molar-refractivity contribution in [2.75, 3.05) is 5.32 Å². The van der Waals surface area contributed by atoms with Crippen molar-refractivity contribution in [3.05, 3.63) is 34.4 Å². The van der Waals surface area contributed by atoms with E-state index in [1.165, 1.54) is 24.3 Å². The van der Waals surface area contributed by atoms with Crippen molar-refractivity contribution in [2.24, 2.45) is 0 Å². The van der Waals surface area contributed by atoms with Gasteiger partial charge in [0.05, 0.1) is 4.92 Å². The Morgan fingerprint density at radius 1 is 1.11 bits per heavy atom. The molecule has 0 unspecified atom stereocenters. The number of hydrogen-bond donors (Lipinski definition) is 2. The summed E-state index contributed by atoms with van der Waals surface area (Å²) in [5.41, 5.74) is -0.277. The van der Waals surface area contributed by atoms with E-state index in [0.29, 0.717) is 5.69 Å². The molecule has 0 radical (unpaired) electrons. The van der Waals surface area contributed by atoms with Crippen molar-refractivity contribution in [3.63, 3.8) is 0 Å². The van der Waals surface area contributed by atoms with E-state index in [2.05, 4.69) is 10.6 Å². The molecule has 7 nitrogen and oxygen atoms in total. The second-order valence-electron chi connectivity index (χ2n) is 4.96. The van der Waals surface area contributed by atoms with Gasteiger partial charge in [0.1, 0.15) is 0 Å². The van der Waals surface area contributed by atoms with E-state index in [1.807, 2.05) is 0 Å². The first-order valence-corrected chi connectivity index (χ1v) is 5.57. The van der Waals surface area contributed by atoms with Gasteiger partial charge in [0.25, 0.3) is 5.69 Å². The Balaban J connectivity index is 2.67. The Kier molecular flexibility index (Phi) is 4.21. The molecule has 0 bridgehead atoms. The molecule has 0 aliphatic rings. The largest absolute Gasteiger partial charge is 0.343 e. The maximum absolute atomic E-state index is 11.6. The third-order valence-electron chi connectivity index (χ3n) is 2.03. The van der Waals surface area contributed by atoms with Gasteiger partial charge in [-0.3, -0.25) is 19.7 Å². The maximum atomic E-state index is 11.6. The van der Waals surface area contributed by atoms with E-state index < -0.39 is 22.3 Å². The molecule has 1 rings (SSSR count). The average Bonchev–Trinajstić information content (AvgIpc) is 2.27. The number of nitrogens with one attached hydrogen (secondary N) is 2. The summed E-state index contributed by atoms with van der Waals surface area (Å²) in [6.07, 6.45) is 0. The van der Waals surface area contributed by atoms with Crippen LogP contribution in [0.3, 0.4) is 0 Å². The van der Waals surface area contributed by atoms with Crippen LogP contribution in [0, 0.1) is 10.1 Å². The van der Waals surface area contributed by atoms with E-state index in [1.54, 1.807) is 20.8 Å². The summed E-state index contributed by atoms with van der Waals surface area (Å²) in [5.74, 6) is -1.57. The molecule has 1 aromatic carbocycles. The summed E-state index contributed by atoms with van der Waals surface area (Å²) in [5, 5.41) is 15.3. The number of benzene rings is 1. The number of hydrogen-bond acceptors (Lipinski definition) is 4. The summed E-state index contributed by atoms with van der Waals surface area (Å²) in [4.78, 5) is 33.0. The van der Waals surface area contributed by atoms with Gasteiger partial charge in [0.2, 0.25) is 0 Å². The molecule has 0 aromatic heterocycles. The van der Waals surface area contributed by atoms with Crippen molar-refractivity contribution in [2.45, 2.75) is 26.3 Å². The quantitative estimate of drug-likeness (QED) is 0.480. The Morgan fingerprint density at radius 2 is 1.63 bits per heavy atom. The fourth-order valence-electron chi connectivity index (χ4n) is 1.25. The summed E-state index contributed by atoms with van der Waals surface area (Å²) < 4.78 is 0. The van der Waals surface area contributed by atoms with Gasteiger partial charge >= 0.3 is 11.8 Å². The van der Waals surface area contributed by atoms with Crippen molar-refractivity contribution >= 4 is 23.2 Å². The number of anilines is 1. The lowest BCUT2D eigenvalue weighted by atomic mass is 10.1. The van der Waals surface area contributed by atoms with E-state index >= 15 is 0 Å². The highest BCUT2D eigenvalue weighted by Gasteiger charge is 2.20. The van der Waals surface area contributed by atoms with Crippen molar-refractivity contribution in [3.8, 4) is 0 Å². The van der Waals surface area contributed by atoms with Gasteiger partial charge in [-0.25, -0.2) is 0 Å².